The maximum atomic E-state index is 5.28. The molecule has 0 heterocycles. The molecule has 1 aliphatic rings. The Hall–Kier alpha value is -0.340. The van der Waals surface area contributed by atoms with Gasteiger partial charge in [-0.3, -0.25) is 0 Å². The second kappa shape index (κ2) is 0.832. The normalized spacial score (nSPS) is 43.3. The maximum Gasteiger partial charge on any atom is 0.0460 e. The fourth-order valence-electron chi connectivity index (χ4n) is 0.362. The van der Waals surface area contributed by atoms with E-state index in [1.54, 1.807) is 0 Å². The molecule has 0 aliphatic heterocycles. The van der Waals surface area contributed by atoms with Crippen molar-refractivity contribution in [2.75, 3.05) is 0 Å². The smallest absolute Gasteiger partial charge is 0.0460 e. The number of rotatable bonds is 0. The summed E-state index contributed by atoms with van der Waals surface area (Å²) in [6.07, 6.45) is 0. The van der Waals surface area contributed by atoms with Crippen LogP contribution in [-0.4, -0.2) is 12.1 Å². The van der Waals surface area contributed by atoms with E-state index < -0.39 is 0 Å². The van der Waals surface area contributed by atoms with Gasteiger partial charge in [-0.05, 0) is 5.57 Å². The highest BCUT2D eigenvalue weighted by atomic mass is 14.9. The van der Waals surface area contributed by atoms with Crippen molar-refractivity contribution >= 4 is 0 Å². The third-order valence-electron chi connectivity index (χ3n) is 1.13. The number of hydrogen-bond acceptors (Lipinski definition) is 2. The van der Waals surface area contributed by atoms with E-state index in [-0.39, 0.29) is 12.1 Å². The highest BCUT2D eigenvalue weighted by molar-refractivity contribution is 5.34. The lowest BCUT2D eigenvalue weighted by atomic mass is 10.7. The second-order valence-corrected chi connectivity index (χ2v) is 1.63. The molecule has 6 heavy (non-hydrogen) atoms. The van der Waals surface area contributed by atoms with Gasteiger partial charge in [-0.1, -0.05) is 6.58 Å². The Morgan fingerprint density at radius 3 is 1.50 bits per heavy atom. The van der Waals surface area contributed by atoms with Crippen LogP contribution in [0.1, 0.15) is 0 Å². The summed E-state index contributed by atoms with van der Waals surface area (Å²) in [5, 5.41) is 0. The lowest BCUT2D eigenvalue weighted by Gasteiger charge is -1.69. The minimum absolute atomic E-state index is 0.102. The van der Waals surface area contributed by atoms with Crippen LogP contribution in [0.25, 0.3) is 0 Å². The number of hydrogen-bond donors (Lipinski definition) is 2. The van der Waals surface area contributed by atoms with Crippen LogP contribution in [0.15, 0.2) is 12.2 Å². The molecule has 0 amide bonds. The molecule has 1 aliphatic carbocycles. The Labute approximate surface area is 36.8 Å². The largest absolute Gasteiger partial charge is 0.323 e. The molecular weight excluding hydrogens is 76.1 g/mol. The molecule has 4 N–H and O–H groups in total. The highest BCUT2D eigenvalue weighted by Crippen LogP contribution is 2.21. The van der Waals surface area contributed by atoms with E-state index in [0.29, 0.717) is 0 Å². The van der Waals surface area contributed by atoms with Crippen molar-refractivity contribution < 1.29 is 0 Å². The van der Waals surface area contributed by atoms with Crippen LogP contribution in [0.2, 0.25) is 0 Å². The lowest BCUT2D eigenvalue weighted by Crippen LogP contribution is -2.12. The van der Waals surface area contributed by atoms with Crippen molar-refractivity contribution in [2.45, 2.75) is 12.1 Å². The summed E-state index contributed by atoms with van der Waals surface area (Å²) in [7, 11) is 0. The van der Waals surface area contributed by atoms with E-state index in [2.05, 4.69) is 6.58 Å². The van der Waals surface area contributed by atoms with Crippen LogP contribution in [0.3, 0.4) is 0 Å². The Morgan fingerprint density at radius 1 is 1.33 bits per heavy atom. The van der Waals surface area contributed by atoms with Crippen LogP contribution in [-0.2, 0) is 0 Å². The van der Waals surface area contributed by atoms with Gasteiger partial charge in [0.15, 0.2) is 0 Å². The molecule has 0 radical (unpaired) electrons. The van der Waals surface area contributed by atoms with Crippen molar-refractivity contribution in [3.05, 3.63) is 12.2 Å². The van der Waals surface area contributed by atoms with Crippen molar-refractivity contribution in [3.63, 3.8) is 0 Å². The first-order valence-corrected chi connectivity index (χ1v) is 1.93. The number of nitrogens with two attached hydrogens (primary N) is 2. The predicted octanol–water partition coefficient (Wildman–Crippen LogP) is -0.789. The fraction of sp³-hybridized carbons (Fsp3) is 0.500. The Balaban J connectivity index is 2.51. The van der Waals surface area contributed by atoms with Crippen LogP contribution in [0.4, 0.5) is 0 Å². The molecule has 0 spiro atoms. The first-order chi connectivity index (χ1) is 2.73. The molecule has 1 saturated carbocycles. The summed E-state index contributed by atoms with van der Waals surface area (Å²) in [5.74, 6) is 0. The first kappa shape index (κ1) is 3.84. The van der Waals surface area contributed by atoms with Crippen LogP contribution < -0.4 is 11.5 Å². The summed E-state index contributed by atoms with van der Waals surface area (Å²) >= 11 is 0. The topological polar surface area (TPSA) is 52.0 Å². The van der Waals surface area contributed by atoms with Gasteiger partial charge >= 0.3 is 0 Å². The van der Waals surface area contributed by atoms with Gasteiger partial charge in [0.05, 0.1) is 0 Å². The quantitative estimate of drug-likeness (QED) is 0.378. The molecule has 2 atom stereocenters. The zero-order valence-corrected chi connectivity index (χ0v) is 3.52. The van der Waals surface area contributed by atoms with Gasteiger partial charge in [0.1, 0.15) is 0 Å². The van der Waals surface area contributed by atoms with Crippen molar-refractivity contribution in [3.8, 4) is 0 Å². The van der Waals surface area contributed by atoms with E-state index in [1.807, 2.05) is 0 Å². The standard InChI is InChI=1S/C4H8N2/c1-2-3(5)4(2)6/h3-4H,1,5-6H2. The minimum atomic E-state index is 0.102. The van der Waals surface area contributed by atoms with E-state index in [4.69, 9.17) is 11.5 Å². The third kappa shape index (κ3) is 0.278. The molecule has 0 aromatic rings. The Kier molecular flexibility index (Phi) is 0.532. The molecule has 2 nitrogen and oxygen atoms in total. The molecule has 0 saturated heterocycles. The Bertz CT molecular complexity index is 77.5. The van der Waals surface area contributed by atoms with Gasteiger partial charge in [0.25, 0.3) is 0 Å². The Morgan fingerprint density at radius 2 is 1.50 bits per heavy atom. The van der Waals surface area contributed by atoms with E-state index in [0.717, 1.165) is 5.57 Å². The second-order valence-electron chi connectivity index (χ2n) is 1.63. The molecule has 0 aromatic carbocycles. The van der Waals surface area contributed by atoms with Crippen LogP contribution in [0.5, 0.6) is 0 Å². The SMILES string of the molecule is C=C1C(N)C1N. The van der Waals surface area contributed by atoms with Crippen molar-refractivity contribution in [2.24, 2.45) is 11.5 Å². The molecule has 34 valence electrons. The fourth-order valence-corrected chi connectivity index (χ4v) is 0.362. The molecule has 1 fully saturated rings. The zero-order valence-electron chi connectivity index (χ0n) is 3.52. The summed E-state index contributed by atoms with van der Waals surface area (Å²) in [6.45, 7) is 3.58. The van der Waals surface area contributed by atoms with Gasteiger partial charge in [-0.15, -0.1) is 0 Å². The average Bonchev–Trinajstić information content (AvgIpc) is 1.94. The predicted molar refractivity (Wildman–Crippen MR) is 25.1 cm³/mol. The molecular formula is C4H8N2. The first-order valence-electron chi connectivity index (χ1n) is 1.93. The monoisotopic (exact) mass is 84.1 g/mol. The molecule has 0 aromatic heterocycles. The van der Waals surface area contributed by atoms with Crippen molar-refractivity contribution in [1.29, 1.82) is 0 Å². The van der Waals surface area contributed by atoms with Gasteiger partial charge in [0, 0.05) is 12.1 Å². The highest BCUT2D eigenvalue weighted by Gasteiger charge is 2.34. The molecule has 2 unspecified atom stereocenters. The van der Waals surface area contributed by atoms with E-state index >= 15 is 0 Å². The zero-order chi connectivity index (χ0) is 4.73. The van der Waals surface area contributed by atoms with Crippen LogP contribution in [0, 0.1) is 0 Å². The summed E-state index contributed by atoms with van der Waals surface area (Å²) < 4.78 is 0. The van der Waals surface area contributed by atoms with Gasteiger partial charge < -0.3 is 11.5 Å². The summed E-state index contributed by atoms with van der Waals surface area (Å²) in [6, 6.07) is 0.204. The summed E-state index contributed by atoms with van der Waals surface area (Å²) in [5.41, 5.74) is 11.6. The maximum absolute atomic E-state index is 5.28. The van der Waals surface area contributed by atoms with Crippen molar-refractivity contribution in [1.82, 2.24) is 0 Å². The molecule has 1 rings (SSSR count). The van der Waals surface area contributed by atoms with E-state index in [9.17, 15) is 0 Å². The molecule has 0 bridgehead atoms. The lowest BCUT2D eigenvalue weighted by molar-refractivity contribution is 0.962. The van der Waals surface area contributed by atoms with Gasteiger partial charge in [-0.2, -0.15) is 0 Å². The van der Waals surface area contributed by atoms with Crippen LogP contribution >= 0.6 is 0 Å². The van der Waals surface area contributed by atoms with Gasteiger partial charge in [0.2, 0.25) is 0 Å². The molecule has 2 heteroatoms. The summed E-state index contributed by atoms with van der Waals surface area (Å²) in [4.78, 5) is 0. The minimum Gasteiger partial charge on any atom is -0.323 e. The average molecular weight is 84.1 g/mol. The van der Waals surface area contributed by atoms with Gasteiger partial charge in [-0.25, -0.2) is 0 Å². The third-order valence-corrected chi connectivity index (χ3v) is 1.13. The van der Waals surface area contributed by atoms with E-state index in [1.165, 1.54) is 0 Å².